The molecule has 1 unspecified atom stereocenters. The average molecular weight is 212 g/mol. The molecule has 0 bridgehead atoms. The Morgan fingerprint density at radius 1 is 1.53 bits per heavy atom. The molecule has 4 heteroatoms. The van der Waals surface area contributed by atoms with Crippen molar-refractivity contribution in [2.45, 2.75) is 32.2 Å². The van der Waals surface area contributed by atoms with Crippen LogP contribution in [-0.2, 0) is 0 Å². The van der Waals surface area contributed by atoms with Gasteiger partial charge in [-0.15, -0.1) is 0 Å². The Kier molecular flexibility index (Phi) is 4.88. The Balaban J connectivity index is 2.48. The molecule has 15 heavy (non-hydrogen) atoms. The van der Waals surface area contributed by atoms with Crippen molar-refractivity contribution in [2.24, 2.45) is 10.7 Å². The number of hydrogen-bond donors (Lipinski definition) is 1. The highest BCUT2D eigenvalue weighted by Crippen LogP contribution is 2.13. The summed E-state index contributed by atoms with van der Waals surface area (Å²) in [6, 6.07) is 0.620. The molecular weight excluding hydrogens is 188 g/mol. The van der Waals surface area contributed by atoms with Crippen LogP contribution in [0.4, 0.5) is 0 Å². The zero-order valence-corrected chi connectivity index (χ0v) is 10.2. The van der Waals surface area contributed by atoms with Gasteiger partial charge in [0.25, 0.3) is 0 Å². The molecule has 0 aromatic rings. The molecule has 88 valence electrons. The second-order valence-electron chi connectivity index (χ2n) is 4.45. The van der Waals surface area contributed by atoms with Crippen molar-refractivity contribution in [3.63, 3.8) is 0 Å². The predicted molar refractivity (Wildman–Crippen MR) is 65.1 cm³/mol. The number of aliphatic imine (C=N–C) groups is 1. The average Bonchev–Trinajstić information content (AvgIpc) is 2.26. The molecule has 1 aliphatic rings. The maximum Gasteiger partial charge on any atom is 0.191 e. The number of nitrogens with two attached hydrogens (primary N) is 1. The van der Waals surface area contributed by atoms with E-state index >= 15 is 0 Å². The highest BCUT2D eigenvalue weighted by atomic mass is 15.3. The maximum atomic E-state index is 5.95. The third-order valence-electron chi connectivity index (χ3n) is 2.95. The molecule has 1 atom stereocenters. The van der Waals surface area contributed by atoms with E-state index in [2.05, 4.69) is 35.8 Å². The molecule has 4 nitrogen and oxygen atoms in total. The Hall–Kier alpha value is -0.770. The van der Waals surface area contributed by atoms with Crippen molar-refractivity contribution in [3.8, 4) is 0 Å². The number of hydrogen-bond acceptors (Lipinski definition) is 2. The lowest BCUT2D eigenvalue weighted by atomic mass is 10.1. The van der Waals surface area contributed by atoms with E-state index in [1.54, 1.807) is 0 Å². The minimum atomic E-state index is 0.620. The lowest BCUT2D eigenvalue weighted by Gasteiger charge is -2.36. The molecule has 0 amide bonds. The van der Waals surface area contributed by atoms with Gasteiger partial charge in [-0.2, -0.15) is 0 Å². The first kappa shape index (κ1) is 12.3. The van der Waals surface area contributed by atoms with E-state index in [-0.39, 0.29) is 0 Å². The van der Waals surface area contributed by atoms with Gasteiger partial charge in [-0.3, -0.25) is 4.99 Å². The first-order valence-corrected chi connectivity index (χ1v) is 5.86. The Labute approximate surface area is 93.1 Å². The van der Waals surface area contributed by atoms with Crippen LogP contribution in [0.2, 0.25) is 0 Å². The van der Waals surface area contributed by atoms with Crippen LogP contribution in [0, 0.1) is 0 Å². The van der Waals surface area contributed by atoms with Crippen LogP contribution in [0.25, 0.3) is 0 Å². The molecule has 2 N–H and O–H groups in total. The summed E-state index contributed by atoms with van der Waals surface area (Å²) in [7, 11) is 4.26. The zero-order chi connectivity index (χ0) is 11.3. The SMILES string of the molecule is CCCN=C(N)N1CCCC(N(C)C)C1. The van der Waals surface area contributed by atoms with Crippen LogP contribution in [-0.4, -0.2) is 55.5 Å². The van der Waals surface area contributed by atoms with Crippen LogP contribution < -0.4 is 5.73 Å². The van der Waals surface area contributed by atoms with Gasteiger partial charge in [-0.05, 0) is 33.4 Å². The summed E-state index contributed by atoms with van der Waals surface area (Å²) in [5.74, 6) is 0.725. The second kappa shape index (κ2) is 5.95. The fourth-order valence-corrected chi connectivity index (χ4v) is 1.91. The lowest BCUT2D eigenvalue weighted by molar-refractivity contribution is 0.183. The van der Waals surface area contributed by atoms with Gasteiger partial charge in [0.2, 0.25) is 0 Å². The van der Waals surface area contributed by atoms with Gasteiger partial charge in [-0.1, -0.05) is 6.92 Å². The van der Waals surface area contributed by atoms with Gasteiger partial charge in [0.1, 0.15) is 0 Å². The Bertz CT molecular complexity index is 213. The molecule has 1 saturated heterocycles. The van der Waals surface area contributed by atoms with E-state index in [9.17, 15) is 0 Å². The summed E-state index contributed by atoms with van der Waals surface area (Å²) < 4.78 is 0. The molecule has 0 aromatic carbocycles. The smallest absolute Gasteiger partial charge is 0.191 e. The van der Waals surface area contributed by atoms with Gasteiger partial charge in [0.15, 0.2) is 5.96 Å². The zero-order valence-electron chi connectivity index (χ0n) is 10.2. The largest absolute Gasteiger partial charge is 0.370 e. The fraction of sp³-hybridized carbons (Fsp3) is 0.909. The monoisotopic (exact) mass is 212 g/mol. The van der Waals surface area contributed by atoms with Gasteiger partial charge < -0.3 is 15.5 Å². The topological polar surface area (TPSA) is 44.9 Å². The van der Waals surface area contributed by atoms with Crippen molar-refractivity contribution in [1.29, 1.82) is 0 Å². The van der Waals surface area contributed by atoms with Gasteiger partial charge in [0.05, 0.1) is 0 Å². The Morgan fingerprint density at radius 2 is 2.27 bits per heavy atom. The van der Waals surface area contributed by atoms with Crippen molar-refractivity contribution in [3.05, 3.63) is 0 Å². The van der Waals surface area contributed by atoms with Crippen LogP contribution >= 0.6 is 0 Å². The van der Waals surface area contributed by atoms with E-state index in [4.69, 9.17) is 5.73 Å². The summed E-state index contributed by atoms with van der Waals surface area (Å²) in [6.45, 7) is 5.04. The van der Waals surface area contributed by atoms with Crippen molar-refractivity contribution < 1.29 is 0 Å². The normalized spacial score (nSPS) is 23.6. The second-order valence-corrected chi connectivity index (χ2v) is 4.45. The minimum Gasteiger partial charge on any atom is -0.370 e. The van der Waals surface area contributed by atoms with Gasteiger partial charge in [0, 0.05) is 25.7 Å². The molecule has 1 aliphatic heterocycles. The molecule has 0 radical (unpaired) electrons. The maximum absolute atomic E-state index is 5.95. The first-order chi connectivity index (χ1) is 7.15. The summed E-state index contributed by atoms with van der Waals surface area (Å²) in [5.41, 5.74) is 5.95. The van der Waals surface area contributed by atoms with E-state index in [1.807, 2.05) is 0 Å². The number of nitrogens with zero attached hydrogens (tertiary/aromatic N) is 3. The highest BCUT2D eigenvalue weighted by Gasteiger charge is 2.22. The number of rotatable bonds is 3. The molecule has 1 fully saturated rings. The minimum absolute atomic E-state index is 0.620. The molecule has 0 spiro atoms. The van der Waals surface area contributed by atoms with E-state index in [0.29, 0.717) is 6.04 Å². The van der Waals surface area contributed by atoms with Crippen LogP contribution in [0.1, 0.15) is 26.2 Å². The molecule has 1 heterocycles. The summed E-state index contributed by atoms with van der Waals surface area (Å²) in [4.78, 5) is 8.85. The van der Waals surface area contributed by atoms with Gasteiger partial charge >= 0.3 is 0 Å². The van der Waals surface area contributed by atoms with Crippen molar-refractivity contribution in [1.82, 2.24) is 9.80 Å². The van der Waals surface area contributed by atoms with E-state index in [1.165, 1.54) is 12.8 Å². The van der Waals surface area contributed by atoms with Crippen molar-refractivity contribution >= 4 is 5.96 Å². The van der Waals surface area contributed by atoms with Crippen LogP contribution in [0.3, 0.4) is 0 Å². The van der Waals surface area contributed by atoms with Crippen molar-refractivity contribution in [2.75, 3.05) is 33.7 Å². The molecule has 0 aromatic heterocycles. The number of guanidine groups is 1. The van der Waals surface area contributed by atoms with Gasteiger partial charge in [-0.25, -0.2) is 0 Å². The fourth-order valence-electron chi connectivity index (χ4n) is 1.91. The molecular formula is C11H24N4. The third-order valence-corrected chi connectivity index (χ3v) is 2.95. The third kappa shape index (κ3) is 3.70. The first-order valence-electron chi connectivity index (χ1n) is 5.86. The van der Waals surface area contributed by atoms with Crippen LogP contribution in [0.5, 0.6) is 0 Å². The molecule has 0 saturated carbocycles. The standard InChI is InChI=1S/C11H24N4/c1-4-7-13-11(12)15-8-5-6-10(9-15)14(2)3/h10H,4-9H2,1-3H3,(H2,12,13). The van der Waals surface area contributed by atoms with E-state index in [0.717, 1.165) is 32.0 Å². The number of likely N-dealkylation sites (N-methyl/N-ethyl adjacent to an activating group) is 1. The summed E-state index contributed by atoms with van der Waals surface area (Å²) in [6.07, 6.45) is 3.54. The summed E-state index contributed by atoms with van der Waals surface area (Å²) >= 11 is 0. The molecule has 0 aliphatic carbocycles. The lowest BCUT2D eigenvalue weighted by Crippen LogP contribution is -2.50. The number of piperidine rings is 1. The Morgan fingerprint density at radius 3 is 2.87 bits per heavy atom. The number of likely N-dealkylation sites (tertiary alicyclic amines) is 1. The summed E-state index contributed by atoms with van der Waals surface area (Å²) in [5, 5.41) is 0. The molecule has 1 rings (SSSR count). The van der Waals surface area contributed by atoms with E-state index < -0.39 is 0 Å². The predicted octanol–water partition coefficient (Wildman–Crippen LogP) is 0.737. The quantitative estimate of drug-likeness (QED) is 0.554. The highest BCUT2D eigenvalue weighted by molar-refractivity contribution is 5.78. The van der Waals surface area contributed by atoms with Crippen LogP contribution in [0.15, 0.2) is 4.99 Å².